The minimum absolute atomic E-state index is 0. The molecule has 5 heterocycles. The first-order valence-electron chi connectivity index (χ1n) is 16.6. The number of carbonyl (C=O) groups is 5. The number of carboxylic acids is 1. The summed E-state index contributed by atoms with van der Waals surface area (Å²) in [6.07, 6.45) is 1.89. The lowest BCUT2D eigenvalue weighted by Gasteiger charge is -2.21. The van der Waals surface area contributed by atoms with Crippen molar-refractivity contribution in [1.82, 2.24) is 31.7 Å². The van der Waals surface area contributed by atoms with E-state index in [0.29, 0.717) is 45.7 Å². The Morgan fingerprint density at radius 3 is 1.98 bits per heavy atom. The second-order valence-electron chi connectivity index (χ2n) is 12.0. The van der Waals surface area contributed by atoms with Crippen molar-refractivity contribution in [3.63, 3.8) is 0 Å². The molecule has 2 aromatic carbocycles. The van der Waals surface area contributed by atoms with E-state index in [1.165, 1.54) is 0 Å². The molecular weight excluding hydrogens is 787 g/mol. The Morgan fingerprint density at radius 1 is 0.830 bits per heavy atom. The zero-order valence-electron chi connectivity index (χ0n) is 29.5. The minimum atomic E-state index is -0.833. The molecule has 0 spiro atoms. The van der Waals surface area contributed by atoms with Gasteiger partial charge in [0.05, 0.1) is 28.3 Å². The van der Waals surface area contributed by atoms with Crippen LogP contribution in [0.1, 0.15) is 72.4 Å². The fourth-order valence-corrected chi connectivity index (χ4v) is 6.33. The molecule has 2 aliphatic heterocycles. The van der Waals surface area contributed by atoms with Crippen LogP contribution in [0.4, 0.5) is 0 Å². The third kappa shape index (κ3) is 11.2. The van der Waals surface area contributed by atoms with Crippen LogP contribution in [-0.2, 0) is 14.4 Å². The molecule has 1 fully saturated rings. The van der Waals surface area contributed by atoms with Gasteiger partial charge in [0.15, 0.2) is 5.78 Å². The molecule has 2 amide bonds. The summed E-state index contributed by atoms with van der Waals surface area (Å²) in [6.45, 7) is 6.39. The summed E-state index contributed by atoms with van der Waals surface area (Å²) in [5.41, 5.74) is 5.73. The van der Waals surface area contributed by atoms with E-state index in [4.69, 9.17) is 33.1 Å². The Hall–Kier alpha value is -4.69. The fourth-order valence-electron chi connectivity index (χ4n) is 5.74. The average Bonchev–Trinajstić information content (AvgIpc) is 3.58. The molecular formula is C38H41BrCl2N6O6. The van der Waals surface area contributed by atoms with Gasteiger partial charge in [-0.1, -0.05) is 83.3 Å². The molecule has 2 aliphatic rings. The molecule has 1 saturated heterocycles. The lowest BCUT2D eigenvalue weighted by atomic mass is 9.95. The highest BCUT2D eigenvalue weighted by Gasteiger charge is 2.27. The highest BCUT2D eigenvalue weighted by Crippen LogP contribution is 2.33. The number of aliphatic carboxylic acids is 1. The van der Waals surface area contributed by atoms with Crippen LogP contribution in [0.25, 0.3) is 33.1 Å². The van der Waals surface area contributed by atoms with E-state index < -0.39 is 5.97 Å². The summed E-state index contributed by atoms with van der Waals surface area (Å²) in [4.78, 5) is 66.4. The van der Waals surface area contributed by atoms with E-state index in [0.717, 1.165) is 58.6 Å². The van der Waals surface area contributed by atoms with Gasteiger partial charge in [0.25, 0.3) is 11.9 Å². The number of carbonyl (C=O) groups excluding carboxylic acids is 4. The molecule has 0 aliphatic carbocycles. The lowest BCUT2D eigenvalue weighted by Crippen LogP contribution is -2.40. The van der Waals surface area contributed by atoms with Crippen molar-refractivity contribution in [2.45, 2.75) is 46.0 Å². The molecule has 280 valence electrons. The van der Waals surface area contributed by atoms with Gasteiger partial charge in [0, 0.05) is 65.1 Å². The number of alkyl halides is 1. The average molecular weight is 829 g/mol. The first-order chi connectivity index (χ1) is 24.9. The summed E-state index contributed by atoms with van der Waals surface area (Å²) in [5.74, 6) is -0.490. The van der Waals surface area contributed by atoms with Crippen LogP contribution < -0.4 is 16.8 Å². The van der Waals surface area contributed by atoms with Crippen molar-refractivity contribution in [2.75, 3.05) is 18.4 Å². The number of amides is 2. The molecule has 2 unspecified atom stereocenters. The summed E-state index contributed by atoms with van der Waals surface area (Å²) < 4.78 is 0. The number of nitrogens with one attached hydrogen (secondary N) is 3. The van der Waals surface area contributed by atoms with E-state index in [1.54, 1.807) is 18.2 Å². The molecule has 12 nitrogen and oxygen atoms in total. The number of aromatic nitrogens is 3. The molecule has 5 aromatic rings. The second kappa shape index (κ2) is 20.0. The minimum Gasteiger partial charge on any atom is -0.481 e. The molecule has 0 bridgehead atoms. The molecule has 7 N–H and O–H groups in total. The van der Waals surface area contributed by atoms with Crippen molar-refractivity contribution in [3.05, 3.63) is 93.9 Å². The summed E-state index contributed by atoms with van der Waals surface area (Å²) in [5, 5.41) is 16.1. The van der Waals surface area contributed by atoms with Crippen LogP contribution in [0.5, 0.6) is 0 Å². The quantitative estimate of drug-likeness (QED) is 0.0504. The van der Waals surface area contributed by atoms with Crippen LogP contribution in [0.3, 0.4) is 0 Å². The Kier molecular flexibility index (Phi) is 16.1. The number of rotatable bonds is 5. The van der Waals surface area contributed by atoms with Crippen LogP contribution in [-0.4, -0.2) is 67.8 Å². The number of hydrogen-bond acceptors (Lipinski definition) is 8. The number of Topliss-reactive ketones (excluding diaryl/α,β-unsaturated/α-hetero) is 2. The van der Waals surface area contributed by atoms with E-state index in [2.05, 4.69) is 48.4 Å². The zero-order chi connectivity index (χ0) is 37.9. The molecule has 15 heteroatoms. The number of halogens is 3. The molecule has 0 radical (unpaired) electrons. The Morgan fingerprint density at radius 2 is 1.40 bits per heavy atom. The van der Waals surface area contributed by atoms with Crippen LogP contribution in [0.15, 0.2) is 66.7 Å². The third-order valence-electron chi connectivity index (χ3n) is 8.42. The predicted octanol–water partition coefficient (Wildman–Crippen LogP) is 7.94. The van der Waals surface area contributed by atoms with E-state index in [9.17, 15) is 19.2 Å². The van der Waals surface area contributed by atoms with Gasteiger partial charge in [-0.05, 0) is 49.2 Å². The summed E-state index contributed by atoms with van der Waals surface area (Å²) >= 11 is 15.0. The van der Waals surface area contributed by atoms with Gasteiger partial charge in [0.2, 0.25) is 5.91 Å². The third-order valence-corrected chi connectivity index (χ3v) is 9.35. The van der Waals surface area contributed by atoms with Gasteiger partial charge in [-0.3, -0.25) is 24.0 Å². The number of aromatic amines is 1. The van der Waals surface area contributed by atoms with Gasteiger partial charge in [-0.25, -0.2) is 9.97 Å². The second-order valence-corrected chi connectivity index (χ2v) is 13.3. The fraction of sp³-hybridized carbons (Fsp3) is 0.289. The Balaban J connectivity index is 0.000000217. The summed E-state index contributed by atoms with van der Waals surface area (Å²) in [6, 6.07) is 20.7. The van der Waals surface area contributed by atoms with Crippen molar-refractivity contribution >= 4 is 90.3 Å². The molecule has 7 rings (SSSR count). The van der Waals surface area contributed by atoms with Crippen LogP contribution in [0, 0.1) is 5.92 Å². The molecule has 0 saturated carbocycles. The number of benzene rings is 2. The molecule has 2 atom stereocenters. The van der Waals surface area contributed by atoms with Crippen LogP contribution in [0.2, 0.25) is 10.3 Å². The van der Waals surface area contributed by atoms with Gasteiger partial charge in [-0.15, -0.1) is 0 Å². The van der Waals surface area contributed by atoms with Gasteiger partial charge in [-0.2, -0.15) is 0 Å². The van der Waals surface area contributed by atoms with Gasteiger partial charge in [0.1, 0.15) is 16.1 Å². The maximum atomic E-state index is 12.1. The van der Waals surface area contributed by atoms with Crippen molar-refractivity contribution in [1.29, 1.82) is 0 Å². The molecule has 3 aromatic heterocycles. The number of piperidine rings is 1. The van der Waals surface area contributed by atoms with Crippen molar-refractivity contribution in [2.24, 2.45) is 5.92 Å². The Labute approximate surface area is 325 Å². The van der Waals surface area contributed by atoms with E-state index >= 15 is 0 Å². The molecule has 53 heavy (non-hydrogen) atoms. The number of fused-ring (bicyclic) bond motifs is 3. The topological polar surface area (TPSA) is 206 Å². The van der Waals surface area contributed by atoms with Gasteiger partial charge < -0.3 is 26.9 Å². The largest absolute Gasteiger partial charge is 0.481 e. The smallest absolute Gasteiger partial charge is 0.300 e. The maximum Gasteiger partial charge on any atom is 0.300 e. The number of hydrogen-bond donors (Lipinski definition) is 5. The van der Waals surface area contributed by atoms with Gasteiger partial charge >= 0.3 is 0 Å². The normalized spacial score (nSPS) is 15.8. The van der Waals surface area contributed by atoms with E-state index in [1.807, 2.05) is 55.5 Å². The number of H-pyrrole nitrogens is 1. The monoisotopic (exact) mass is 826 g/mol. The predicted molar refractivity (Wildman–Crippen MR) is 212 cm³/mol. The zero-order valence-corrected chi connectivity index (χ0v) is 32.6. The summed E-state index contributed by atoms with van der Waals surface area (Å²) in [7, 11) is 0. The number of nitrogens with zero attached hydrogens (tertiary/aromatic N) is 2. The lowest BCUT2D eigenvalue weighted by molar-refractivity contribution is -0.135. The Bertz CT molecular complexity index is 2120. The SMILES string of the molecule is CC(=O)O.CCC1CNC(=O)CC1=O.CCC1CNC(=O)c2cc(-c3cccc4ccc(Cl)nc34)[nH]c21.N.O=C(CBr)c1cccc2ccc(Cl)nc12. The van der Waals surface area contributed by atoms with Crippen LogP contribution >= 0.6 is 39.1 Å². The van der Waals surface area contributed by atoms with Crippen molar-refractivity contribution in [3.8, 4) is 11.3 Å². The number of para-hydroxylation sites is 2. The highest BCUT2D eigenvalue weighted by atomic mass is 79.9. The highest BCUT2D eigenvalue weighted by molar-refractivity contribution is 9.09. The first kappa shape index (κ1) is 42.7. The number of ketones is 2. The van der Waals surface area contributed by atoms with Crippen molar-refractivity contribution < 1.29 is 29.1 Å². The number of pyridine rings is 2. The number of carboxylic acid groups (broad SMARTS) is 1. The first-order valence-corrected chi connectivity index (χ1v) is 18.4. The standard InChI is InChI=1S/C18H16ClN3O.C11H7BrClNO.C7H11NO2.C2H4O2.H3N/c1-2-10-9-20-18(23)13-8-14(21-16(10)13)12-5-3-4-11-6-7-15(19)22-17(11)12;12-6-9(15)8-3-1-2-7-4-5-10(13)14-11(7)8;1-2-5-4-8-7(10)3-6(5)9;1-2(3)4;/h3-8,10,21H,2,9H2,1H3,(H,20,23);1-5H,6H2;5H,2-4H2,1H3,(H,8,10);1H3,(H,3,4);1H3. The maximum absolute atomic E-state index is 12.1. The van der Waals surface area contributed by atoms with E-state index in [-0.39, 0.29) is 41.9 Å².